The summed E-state index contributed by atoms with van der Waals surface area (Å²) in [5, 5.41) is 15.4. The largest absolute Gasteiger partial charge is 0.506 e. The molecule has 9 aromatic heterocycles. The quantitative estimate of drug-likeness (QED) is 0.00526. The van der Waals surface area contributed by atoms with E-state index in [0.29, 0.717) is 18.2 Å². The number of nitrogens with one attached hydrogen (secondary N) is 2. The molecular weight excluding hydrogens is 2110 g/mol. The molecule has 0 radical (unpaired) electrons. The Morgan fingerprint density at radius 3 is 1.30 bits per heavy atom. The first-order valence-electron chi connectivity index (χ1n) is 36.3. The highest BCUT2D eigenvalue weighted by atomic mass is 35.5. The van der Waals surface area contributed by atoms with Gasteiger partial charge in [0, 0.05) is 30.6 Å². The second kappa shape index (κ2) is 51.7. The van der Waals surface area contributed by atoms with Gasteiger partial charge in [-0.15, -0.1) is 0 Å². The van der Waals surface area contributed by atoms with Crippen molar-refractivity contribution < 1.29 is 129 Å². The fraction of sp³-hybridized carbons (Fsp3) is 0.136. The van der Waals surface area contributed by atoms with Gasteiger partial charge in [-0.3, -0.25) is 33.5 Å². The predicted molar refractivity (Wildman–Crippen MR) is 472 cm³/mol. The van der Waals surface area contributed by atoms with Crippen LogP contribution >= 0.6 is 151 Å². The highest BCUT2D eigenvalue weighted by molar-refractivity contribution is 6.68. The minimum atomic E-state index is -1.34. The van der Waals surface area contributed by atoms with Crippen LogP contribution < -0.4 is 16.2 Å². The number of benzene rings is 3. The molecule has 0 saturated heterocycles. The van der Waals surface area contributed by atoms with Crippen LogP contribution in [0.3, 0.4) is 0 Å². The van der Waals surface area contributed by atoms with Crippen molar-refractivity contribution >= 4 is 249 Å². The van der Waals surface area contributed by atoms with Crippen molar-refractivity contribution in [2.75, 3.05) is 38.4 Å². The Morgan fingerprint density at radius 1 is 0.415 bits per heavy atom. The fourth-order valence-electron chi connectivity index (χ4n) is 9.75. The van der Waals surface area contributed by atoms with Crippen molar-refractivity contribution in [1.82, 2.24) is 44.4 Å². The number of nitrogens with zero attached hydrogens (tertiary/aromatic N) is 9. The molecule has 28 nitrogen and oxygen atoms in total. The summed E-state index contributed by atoms with van der Waals surface area (Å²) in [5.41, 5.74) is -5.60. The number of aliphatic hydroxyl groups is 1. The number of aliphatic hydroxyl groups excluding tert-OH is 1. The number of pyridine rings is 9. The van der Waals surface area contributed by atoms with E-state index < -0.39 is 194 Å². The van der Waals surface area contributed by atoms with Crippen molar-refractivity contribution in [3.8, 4) is 5.69 Å². The number of rotatable bonds is 20. The van der Waals surface area contributed by atoms with Crippen LogP contribution in [-0.4, -0.2) is 141 Å². The zero-order valence-corrected chi connectivity index (χ0v) is 77.3. The average Bonchev–Trinajstić information content (AvgIpc) is 0.758. The summed E-state index contributed by atoms with van der Waals surface area (Å²) in [6, 6.07) is 13.6. The average molecular weight is 2160 g/mol. The van der Waals surface area contributed by atoms with Gasteiger partial charge in [0.25, 0.3) is 5.24 Å². The topological polar surface area (TPSA) is 393 Å². The highest BCUT2D eigenvalue weighted by Gasteiger charge is 2.28. The molecule has 0 aliphatic carbocycles. The van der Waals surface area contributed by atoms with Crippen LogP contribution in [0, 0.1) is 75.6 Å². The van der Waals surface area contributed by atoms with E-state index in [4.69, 9.17) is 170 Å². The molecule has 4 N–H and O–H groups in total. The summed E-state index contributed by atoms with van der Waals surface area (Å²) in [4.78, 5) is 147. The van der Waals surface area contributed by atoms with Gasteiger partial charge in [0.1, 0.15) is 95.2 Å². The van der Waals surface area contributed by atoms with Gasteiger partial charge in [0.2, 0.25) is 10.9 Å². The second-order valence-corrected chi connectivity index (χ2v) is 29.2. The van der Waals surface area contributed by atoms with Crippen LogP contribution in [0.25, 0.3) is 33.5 Å². The third-order valence-corrected chi connectivity index (χ3v) is 19.2. The van der Waals surface area contributed by atoms with Crippen molar-refractivity contribution in [2.24, 2.45) is 4.99 Å². The maximum Gasteiger partial charge on any atom is 0.345 e. The zero-order chi connectivity index (χ0) is 101. The van der Waals surface area contributed by atoms with E-state index in [1.165, 1.54) is 20.8 Å². The number of hydrogen-bond acceptors (Lipinski definition) is 25. The Balaban J connectivity index is 0.000000248. The lowest BCUT2D eigenvalue weighted by molar-refractivity contribution is -0.142. The monoisotopic (exact) mass is 2150 g/mol. The number of halogens is 26. The van der Waals surface area contributed by atoms with Crippen molar-refractivity contribution in [1.29, 1.82) is 0 Å². The number of anilines is 2. The minimum Gasteiger partial charge on any atom is -0.506 e. The molecule has 0 aliphatic rings. The van der Waals surface area contributed by atoms with E-state index in [1.54, 1.807) is 13.8 Å². The minimum absolute atomic E-state index is 0.00551. The molecule has 9 heterocycles. The molecule has 712 valence electrons. The molecule has 0 saturated carbocycles. The standard InChI is InChI=1S/C17H11Cl2F3N2O3.C17H11ClF3N3O3.C17H10ClF3N2O3.C10H8Cl2FNO3.C8H6Cl2FNO2.C6HCl3FNO.C6H2Cl2FNO2/c1-2-27-17(26)10(7-23-13-4-3-8(20)5-11(13)21)14(25)9-6-12(22)16(19)24-15(9)18;1-2-27-17(26)12-13(25)8-6-10(21)14(18)23-15(8)24-16(12)22-11-4-3-7(19)5-9(11)20;1-2-26-17(25)10-7-23(13-4-3-8(19)5-11(13)20)16-9(14(10)24)6-12(21)15(18)22-16;1-2-17-8(16)4-7(15)5-3-6(13)10(12)14-9(5)11;1-2-14-8(13)4-3-5(11)7(10)12-6(4)9;7-4-2(6(9)12)1-3(10)5(8)11-4;7-4-2(6(11)12)1-3(9)5(8)10-4/h3-7,25H,2H2,1H3;3-6H,2H2,1H3,(H2,22,23,24,25);3-7H,2H2,1H3;3H,2,4H2,1H3;3H,2H2,1H3;1H;1H,(H,11,12). The SMILES string of the molecule is CCOC(=O)C(C=Nc1ccc(F)cc1F)=C(O)c1cc(F)c(Cl)nc1Cl.CCOC(=O)CC(=O)c1cc(F)c(Cl)nc1Cl.CCOC(=O)c1c(Nc2ccc(F)cc2F)[nH]c2nc(Cl)c(F)cc2c1=O.CCOC(=O)c1cc(F)c(Cl)nc1Cl.CCOC(=O)c1cn(-c2ccc(F)cc2F)c2nc(Cl)c(F)cc2c1=O.O=C(Cl)c1cc(F)c(Cl)nc1Cl.O=C(O)c1cc(F)c(Cl)nc1Cl. The van der Waals surface area contributed by atoms with Gasteiger partial charge < -0.3 is 44.2 Å². The lowest BCUT2D eigenvalue weighted by Gasteiger charge is -2.13. The number of aliphatic imine (C=N–C) groups is 1. The first-order valence-corrected chi connectivity index (χ1v) is 41.2. The van der Waals surface area contributed by atoms with Crippen molar-refractivity contribution in [2.45, 2.75) is 41.0 Å². The summed E-state index contributed by atoms with van der Waals surface area (Å²) < 4.78 is 198. The van der Waals surface area contributed by atoms with Gasteiger partial charge >= 0.3 is 35.8 Å². The van der Waals surface area contributed by atoms with E-state index in [1.807, 2.05) is 0 Å². The van der Waals surface area contributed by atoms with Crippen LogP contribution in [0.15, 0.2) is 123 Å². The van der Waals surface area contributed by atoms with E-state index in [9.17, 15) is 110 Å². The molecule has 0 atom stereocenters. The third-order valence-electron chi connectivity index (χ3n) is 15.7. The van der Waals surface area contributed by atoms with E-state index in [0.717, 1.165) is 95.8 Å². The van der Waals surface area contributed by atoms with Crippen molar-refractivity contribution in [3.05, 3.63) is 306 Å². The molecule has 3 aromatic carbocycles. The Bertz CT molecular complexity index is 6760. The summed E-state index contributed by atoms with van der Waals surface area (Å²) >= 11 is 70.9. The van der Waals surface area contributed by atoms with Gasteiger partial charge in [0.05, 0.1) is 88.7 Å². The molecule has 0 unspecified atom stereocenters. The molecule has 0 fully saturated rings. The van der Waals surface area contributed by atoms with Gasteiger partial charge in [-0.1, -0.05) is 139 Å². The number of aromatic amines is 1. The van der Waals surface area contributed by atoms with E-state index in [2.05, 4.69) is 59.7 Å². The lowest BCUT2D eigenvalue weighted by Crippen LogP contribution is -2.22. The van der Waals surface area contributed by atoms with Crippen LogP contribution in [0.2, 0.25) is 61.8 Å². The fourth-order valence-corrected chi connectivity index (χ4v) is 12.3. The molecule has 0 spiro atoms. The third kappa shape index (κ3) is 30.8. The number of ketones is 1. The van der Waals surface area contributed by atoms with Gasteiger partial charge in [-0.2, -0.15) is 0 Å². The molecule has 12 rings (SSSR count). The Labute approximate surface area is 812 Å². The number of carbonyl (C=O) groups is 8. The van der Waals surface area contributed by atoms with Crippen LogP contribution in [0.5, 0.6) is 0 Å². The summed E-state index contributed by atoms with van der Waals surface area (Å²) in [6.07, 6.45) is 1.27. The second-order valence-electron chi connectivity index (χ2n) is 24.6. The van der Waals surface area contributed by atoms with Crippen LogP contribution in [0.1, 0.15) is 109 Å². The Kier molecular flexibility index (Phi) is 42.9. The zero-order valence-electron chi connectivity index (χ0n) is 67.5. The number of esters is 5. The number of aromatic carboxylic acids is 1. The number of hydrogen-bond donors (Lipinski definition) is 4. The van der Waals surface area contributed by atoms with Crippen LogP contribution in [0.4, 0.5) is 74.3 Å². The highest BCUT2D eigenvalue weighted by Crippen LogP contribution is 2.33. The van der Waals surface area contributed by atoms with Crippen LogP contribution in [-0.2, 0) is 33.3 Å². The number of aromatic nitrogens is 9. The van der Waals surface area contributed by atoms with E-state index >= 15 is 0 Å². The molecule has 0 amide bonds. The number of H-pyrrole nitrogens is 1. The maximum atomic E-state index is 14.2. The molecule has 12 aromatic rings. The first-order chi connectivity index (χ1) is 63.4. The summed E-state index contributed by atoms with van der Waals surface area (Å²) in [7, 11) is 0. The number of ether oxygens (including phenoxy) is 5. The number of carboxylic acids is 1. The summed E-state index contributed by atoms with van der Waals surface area (Å²) in [5.74, 6) is -19.2. The van der Waals surface area contributed by atoms with Gasteiger partial charge in [-0.25, -0.2) is 116 Å². The number of carbonyl (C=O) groups excluding carboxylic acids is 7. The Morgan fingerprint density at radius 2 is 0.815 bits per heavy atom. The normalized spacial score (nSPS) is 10.8. The number of carboxylic acid groups (broad SMARTS) is 1. The smallest absolute Gasteiger partial charge is 0.345 e. The van der Waals surface area contributed by atoms with Gasteiger partial charge in [0.15, 0.2) is 94.0 Å². The van der Waals surface area contributed by atoms with E-state index in [-0.39, 0.29) is 136 Å². The molecule has 54 heteroatoms. The maximum absolute atomic E-state index is 14.2. The summed E-state index contributed by atoms with van der Waals surface area (Å²) in [6.45, 7) is 8.08. The first kappa shape index (κ1) is 112. The Hall–Kier alpha value is -11.8. The van der Waals surface area contributed by atoms with Gasteiger partial charge in [-0.05, 0) is 125 Å². The molecule has 135 heavy (non-hydrogen) atoms. The molecular formula is C81H49Cl13F13N11O17. The number of Topliss-reactive ketones (excluding diaryl/α,β-unsaturated/α-hetero) is 1. The lowest BCUT2D eigenvalue weighted by atomic mass is 10.1. The molecule has 0 aliphatic heterocycles. The predicted octanol–water partition coefficient (Wildman–Crippen LogP) is 23.1. The number of fused-ring (bicyclic) bond motifs is 2. The van der Waals surface area contributed by atoms with Crippen molar-refractivity contribution in [3.63, 3.8) is 0 Å². The molecule has 0 bridgehead atoms.